The Labute approximate surface area is 163 Å². The molecule has 0 unspecified atom stereocenters. The molecule has 0 saturated carbocycles. The molecule has 0 amide bonds. The summed E-state index contributed by atoms with van der Waals surface area (Å²) in [5.41, 5.74) is 1.22. The van der Waals surface area contributed by atoms with E-state index in [1.54, 1.807) is 6.92 Å². The van der Waals surface area contributed by atoms with Crippen molar-refractivity contribution in [3.63, 3.8) is 0 Å². The quantitative estimate of drug-likeness (QED) is 0.539. The third-order valence-corrected chi connectivity index (χ3v) is 6.27. The zero-order valence-corrected chi connectivity index (χ0v) is 17.3. The molecule has 1 N–H and O–H groups in total. The summed E-state index contributed by atoms with van der Waals surface area (Å²) in [4.78, 5) is 9.16. The number of nitrogens with zero attached hydrogens (tertiary/aromatic N) is 3. The number of aliphatic imine (C=N–C) groups is 1. The molecule has 0 radical (unpaired) electrons. The maximum absolute atomic E-state index is 11.6. The number of hydrogen-bond donors (Lipinski definition) is 1. The van der Waals surface area contributed by atoms with Crippen molar-refractivity contribution in [3.05, 3.63) is 42.0 Å². The van der Waals surface area contributed by atoms with Crippen LogP contribution in [0, 0.1) is 0 Å². The summed E-state index contributed by atoms with van der Waals surface area (Å²) >= 11 is 0. The van der Waals surface area contributed by atoms with Gasteiger partial charge in [-0.2, -0.15) is 0 Å². The maximum Gasteiger partial charge on any atom is 0.194 e. The standard InChI is InChI=1S/C20H32N4O2S/c1-3-21-20(22-12-18-27(25,26)4-2)24-16-14-23(15-17-24)13-8-11-19-9-6-5-7-10-19/h5-11H,3-4,12-18H2,1-2H3,(H,21,22). The molecule has 0 bridgehead atoms. The van der Waals surface area contributed by atoms with E-state index in [1.807, 2.05) is 25.1 Å². The van der Waals surface area contributed by atoms with Crippen LogP contribution in [-0.4, -0.2) is 81.5 Å². The summed E-state index contributed by atoms with van der Waals surface area (Å²) in [6.07, 6.45) is 4.37. The van der Waals surface area contributed by atoms with Gasteiger partial charge in [0.2, 0.25) is 0 Å². The van der Waals surface area contributed by atoms with E-state index in [2.05, 4.69) is 44.4 Å². The fraction of sp³-hybridized carbons (Fsp3) is 0.550. The summed E-state index contributed by atoms with van der Waals surface area (Å²) in [6.45, 7) is 9.46. The van der Waals surface area contributed by atoms with Crippen molar-refractivity contribution >= 4 is 21.9 Å². The molecule has 0 aliphatic carbocycles. The van der Waals surface area contributed by atoms with Crippen LogP contribution in [0.5, 0.6) is 0 Å². The fourth-order valence-electron chi connectivity index (χ4n) is 2.91. The highest BCUT2D eigenvalue weighted by Crippen LogP contribution is 2.05. The third-order valence-electron chi connectivity index (χ3n) is 4.58. The molecule has 150 valence electrons. The largest absolute Gasteiger partial charge is 0.357 e. The third kappa shape index (κ3) is 7.72. The van der Waals surface area contributed by atoms with E-state index in [1.165, 1.54) is 5.56 Å². The van der Waals surface area contributed by atoms with Gasteiger partial charge in [0.25, 0.3) is 0 Å². The predicted molar refractivity (Wildman–Crippen MR) is 114 cm³/mol. The highest BCUT2D eigenvalue weighted by Gasteiger charge is 2.19. The van der Waals surface area contributed by atoms with Gasteiger partial charge >= 0.3 is 0 Å². The lowest BCUT2D eigenvalue weighted by Crippen LogP contribution is -2.52. The molecule has 6 nitrogen and oxygen atoms in total. The van der Waals surface area contributed by atoms with Gasteiger partial charge in [-0.15, -0.1) is 0 Å². The van der Waals surface area contributed by atoms with Crippen LogP contribution in [-0.2, 0) is 9.84 Å². The van der Waals surface area contributed by atoms with Crippen molar-refractivity contribution in [2.24, 2.45) is 4.99 Å². The number of piperazine rings is 1. The van der Waals surface area contributed by atoms with Gasteiger partial charge in [-0.05, 0) is 12.5 Å². The van der Waals surface area contributed by atoms with Gasteiger partial charge < -0.3 is 10.2 Å². The number of rotatable bonds is 8. The zero-order chi connectivity index (χ0) is 19.5. The van der Waals surface area contributed by atoms with E-state index in [0.717, 1.165) is 45.2 Å². The van der Waals surface area contributed by atoms with Crippen LogP contribution >= 0.6 is 0 Å². The molecule has 0 spiro atoms. The Balaban J connectivity index is 1.81. The van der Waals surface area contributed by atoms with Crippen LogP contribution in [0.4, 0.5) is 0 Å². The second kappa shape index (κ2) is 11.1. The molecule has 1 aliphatic heterocycles. The molecule has 2 rings (SSSR count). The molecule has 1 aromatic carbocycles. The van der Waals surface area contributed by atoms with Crippen molar-refractivity contribution in [1.82, 2.24) is 15.1 Å². The van der Waals surface area contributed by atoms with Crippen molar-refractivity contribution in [1.29, 1.82) is 0 Å². The van der Waals surface area contributed by atoms with Crippen LogP contribution in [0.25, 0.3) is 6.08 Å². The Bertz CT molecular complexity index is 709. The van der Waals surface area contributed by atoms with E-state index < -0.39 is 9.84 Å². The minimum atomic E-state index is -2.97. The number of nitrogens with one attached hydrogen (secondary N) is 1. The molecule has 1 saturated heterocycles. The molecule has 1 heterocycles. The first-order chi connectivity index (χ1) is 13.0. The molecular weight excluding hydrogens is 360 g/mol. The number of hydrogen-bond acceptors (Lipinski definition) is 4. The Morgan fingerprint density at radius 3 is 2.48 bits per heavy atom. The SMILES string of the molecule is CCNC(=NCCS(=O)(=O)CC)N1CCN(CC=Cc2ccccc2)CC1. The molecule has 1 aliphatic rings. The van der Waals surface area contributed by atoms with Gasteiger partial charge in [0.1, 0.15) is 0 Å². The lowest BCUT2D eigenvalue weighted by Gasteiger charge is -2.36. The summed E-state index contributed by atoms with van der Waals surface area (Å²) in [6, 6.07) is 10.3. The van der Waals surface area contributed by atoms with Gasteiger partial charge in [-0.1, -0.05) is 49.4 Å². The Hall–Kier alpha value is -1.86. The van der Waals surface area contributed by atoms with Gasteiger partial charge in [0.05, 0.1) is 12.3 Å². The number of guanidine groups is 1. The van der Waals surface area contributed by atoms with E-state index in [0.29, 0.717) is 6.54 Å². The van der Waals surface area contributed by atoms with Crippen LogP contribution < -0.4 is 5.32 Å². The Morgan fingerprint density at radius 1 is 1.15 bits per heavy atom. The lowest BCUT2D eigenvalue weighted by molar-refractivity contribution is 0.194. The smallest absolute Gasteiger partial charge is 0.194 e. The number of sulfone groups is 1. The predicted octanol–water partition coefficient (Wildman–Crippen LogP) is 1.72. The minimum absolute atomic E-state index is 0.114. The molecule has 0 aromatic heterocycles. The zero-order valence-electron chi connectivity index (χ0n) is 16.5. The van der Waals surface area contributed by atoms with Crippen LogP contribution in [0.3, 0.4) is 0 Å². The molecule has 7 heteroatoms. The van der Waals surface area contributed by atoms with Crippen LogP contribution in [0.1, 0.15) is 19.4 Å². The van der Waals surface area contributed by atoms with E-state index in [-0.39, 0.29) is 11.5 Å². The van der Waals surface area contributed by atoms with Crippen molar-refractivity contribution < 1.29 is 8.42 Å². The van der Waals surface area contributed by atoms with E-state index in [4.69, 9.17) is 0 Å². The lowest BCUT2D eigenvalue weighted by atomic mass is 10.2. The van der Waals surface area contributed by atoms with Crippen LogP contribution in [0.15, 0.2) is 41.4 Å². The van der Waals surface area contributed by atoms with Crippen molar-refractivity contribution in [2.75, 3.05) is 57.3 Å². The average molecular weight is 393 g/mol. The first kappa shape index (κ1) is 21.4. The van der Waals surface area contributed by atoms with Crippen molar-refractivity contribution in [3.8, 4) is 0 Å². The van der Waals surface area contributed by atoms with Gasteiger partial charge in [0, 0.05) is 45.0 Å². The van der Waals surface area contributed by atoms with Gasteiger partial charge in [-0.3, -0.25) is 9.89 Å². The summed E-state index contributed by atoms with van der Waals surface area (Å²) in [7, 11) is -2.97. The van der Waals surface area contributed by atoms with Crippen molar-refractivity contribution in [2.45, 2.75) is 13.8 Å². The normalized spacial score (nSPS) is 16.8. The molecular formula is C20H32N4O2S. The highest BCUT2D eigenvalue weighted by molar-refractivity contribution is 7.91. The first-order valence-electron chi connectivity index (χ1n) is 9.71. The summed E-state index contributed by atoms with van der Waals surface area (Å²) < 4.78 is 23.3. The van der Waals surface area contributed by atoms with E-state index in [9.17, 15) is 8.42 Å². The molecule has 27 heavy (non-hydrogen) atoms. The maximum atomic E-state index is 11.6. The average Bonchev–Trinajstić information content (AvgIpc) is 2.69. The van der Waals surface area contributed by atoms with Gasteiger partial charge in [0.15, 0.2) is 15.8 Å². The fourth-order valence-corrected chi connectivity index (χ4v) is 3.56. The molecule has 1 fully saturated rings. The minimum Gasteiger partial charge on any atom is -0.357 e. The Morgan fingerprint density at radius 2 is 1.85 bits per heavy atom. The molecule has 0 atom stereocenters. The monoisotopic (exact) mass is 392 g/mol. The Kier molecular flexibility index (Phi) is 8.81. The summed E-state index contributed by atoms with van der Waals surface area (Å²) in [5.74, 6) is 1.11. The topological polar surface area (TPSA) is 65.0 Å². The van der Waals surface area contributed by atoms with Crippen LogP contribution in [0.2, 0.25) is 0 Å². The summed E-state index contributed by atoms with van der Waals surface area (Å²) in [5, 5.41) is 3.28. The second-order valence-electron chi connectivity index (χ2n) is 6.57. The first-order valence-corrected chi connectivity index (χ1v) is 11.5. The van der Waals surface area contributed by atoms with E-state index >= 15 is 0 Å². The number of benzene rings is 1. The molecule has 1 aromatic rings. The second-order valence-corrected chi connectivity index (χ2v) is 9.05. The highest BCUT2D eigenvalue weighted by atomic mass is 32.2. The van der Waals surface area contributed by atoms with Gasteiger partial charge in [-0.25, -0.2) is 8.42 Å².